The maximum atomic E-state index is 11.1. The summed E-state index contributed by atoms with van der Waals surface area (Å²) >= 11 is 0. The molecule has 0 spiro atoms. The fraction of sp³-hybridized carbons (Fsp3) is 0.250. The van der Waals surface area contributed by atoms with Crippen molar-refractivity contribution in [2.24, 2.45) is 0 Å². The number of benzene rings is 1. The highest BCUT2D eigenvalue weighted by molar-refractivity contribution is 7.90. The van der Waals surface area contributed by atoms with Gasteiger partial charge in [0.1, 0.15) is 0 Å². The molecule has 1 aromatic rings. The summed E-state index contributed by atoms with van der Waals surface area (Å²) in [5.41, 5.74) is 7.54. The summed E-state index contributed by atoms with van der Waals surface area (Å²) in [6.07, 6.45) is 0. The molecule has 0 unspecified atom stereocenters. The van der Waals surface area contributed by atoms with Gasteiger partial charge in [-0.05, 0) is 24.6 Å². The fourth-order valence-corrected chi connectivity index (χ4v) is 1.45. The van der Waals surface area contributed by atoms with E-state index >= 15 is 0 Å². The van der Waals surface area contributed by atoms with E-state index in [-0.39, 0.29) is 0 Å². The fourth-order valence-electron chi connectivity index (χ4n) is 0.910. The molecule has 0 bridgehead atoms. The van der Waals surface area contributed by atoms with Crippen molar-refractivity contribution < 1.29 is 8.42 Å². The molecule has 0 aromatic heterocycles. The molecule has 0 aliphatic heterocycles. The third-order valence-corrected chi connectivity index (χ3v) is 2.84. The normalized spacial score (nSPS) is 11.3. The van der Waals surface area contributed by atoms with Crippen molar-refractivity contribution in [1.82, 2.24) is 4.72 Å². The zero-order valence-electron chi connectivity index (χ0n) is 8.03. The molecular weight excluding hydrogens is 202 g/mol. The van der Waals surface area contributed by atoms with E-state index in [1.807, 2.05) is 6.92 Å². The topological polar surface area (TPSA) is 84.2 Å². The van der Waals surface area contributed by atoms with Crippen molar-refractivity contribution in [3.63, 3.8) is 0 Å². The van der Waals surface area contributed by atoms with E-state index < -0.39 is 10.2 Å². The largest absolute Gasteiger partial charge is 0.398 e. The summed E-state index contributed by atoms with van der Waals surface area (Å²) in [7, 11) is -2.12. The molecule has 78 valence electrons. The maximum Gasteiger partial charge on any atom is 0.298 e. The first-order valence-corrected chi connectivity index (χ1v) is 5.50. The summed E-state index contributed by atoms with van der Waals surface area (Å²) < 4.78 is 26.7. The Balaban J connectivity index is 2.94. The van der Waals surface area contributed by atoms with Gasteiger partial charge < -0.3 is 5.73 Å². The standard InChI is InChI=1S/C8H13N3O2S/c1-6-3-4-7(5-8(6)9)11-14(12,13)10-2/h3-5,10-11H,9H2,1-2H3. The molecule has 4 N–H and O–H groups in total. The quantitative estimate of drug-likeness (QED) is 0.640. The van der Waals surface area contributed by atoms with Crippen LogP contribution in [0.5, 0.6) is 0 Å². The number of hydrogen-bond acceptors (Lipinski definition) is 3. The van der Waals surface area contributed by atoms with Gasteiger partial charge in [0, 0.05) is 12.7 Å². The minimum absolute atomic E-state index is 0.447. The summed E-state index contributed by atoms with van der Waals surface area (Å²) in [5, 5.41) is 0. The molecule has 0 aliphatic rings. The minimum atomic E-state index is -3.46. The third kappa shape index (κ3) is 2.61. The Hall–Kier alpha value is -1.27. The highest BCUT2D eigenvalue weighted by Gasteiger charge is 2.06. The summed E-state index contributed by atoms with van der Waals surface area (Å²) in [5.74, 6) is 0. The van der Waals surface area contributed by atoms with Crippen LogP contribution < -0.4 is 15.2 Å². The average molecular weight is 215 g/mol. The molecule has 0 heterocycles. The first-order valence-electron chi connectivity index (χ1n) is 4.02. The Morgan fingerprint density at radius 2 is 2.00 bits per heavy atom. The van der Waals surface area contributed by atoms with E-state index in [9.17, 15) is 8.42 Å². The maximum absolute atomic E-state index is 11.1. The predicted molar refractivity (Wildman–Crippen MR) is 57.2 cm³/mol. The Labute approximate surface area is 83.5 Å². The lowest BCUT2D eigenvalue weighted by Gasteiger charge is -2.07. The molecule has 0 fully saturated rings. The van der Waals surface area contributed by atoms with E-state index in [0.717, 1.165) is 5.56 Å². The monoisotopic (exact) mass is 215 g/mol. The Bertz CT molecular complexity index is 428. The highest BCUT2D eigenvalue weighted by atomic mass is 32.2. The van der Waals surface area contributed by atoms with E-state index in [1.54, 1.807) is 18.2 Å². The van der Waals surface area contributed by atoms with Crippen LogP contribution in [0.4, 0.5) is 11.4 Å². The Morgan fingerprint density at radius 3 is 2.50 bits per heavy atom. The van der Waals surface area contributed by atoms with Gasteiger partial charge in [0.15, 0.2) is 0 Å². The SMILES string of the molecule is CNS(=O)(=O)Nc1ccc(C)c(N)c1. The first kappa shape index (κ1) is 10.8. The molecule has 0 aliphatic carbocycles. The van der Waals surface area contributed by atoms with Crippen LogP contribution >= 0.6 is 0 Å². The van der Waals surface area contributed by atoms with Gasteiger partial charge in [0.05, 0.1) is 5.69 Å². The second-order valence-electron chi connectivity index (χ2n) is 2.88. The number of aryl methyl sites for hydroxylation is 1. The lowest BCUT2D eigenvalue weighted by molar-refractivity contribution is 0.593. The van der Waals surface area contributed by atoms with Gasteiger partial charge in [0.2, 0.25) is 0 Å². The van der Waals surface area contributed by atoms with Gasteiger partial charge in [-0.1, -0.05) is 6.07 Å². The molecule has 0 saturated carbocycles. The van der Waals surface area contributed by atoms with Crippen molar-refractivity contribution in [3.8, 4) is 0 Å². The number of rotatable bonds is 3. The van der Waals surface area contributed by atoms with Crippen LogP contribution in [0.15, 0.2) is 18.2 Å². The molecule has 1 rings (SSSR count). The van der Waals surface area contributed by atoms with Crippen LogP contribution in [0, 0.1) is 6.92 Å². The van der Waals surface area contributed by atoms with Gasteiger partial charge >= 0.3 is 0 Å². The van der Waals surface area contributed by atoms with Crippen LogP contribution in [-0.2, 0) is 10.2 Å². The van der Waals surface area contributed by atoms with Crippen LogP contribution in [0.3, 0.4) is 0 Å². The number of hydrogen-bond donors (Lipinski definition) is 3. The van der Waals surface area contributed by atoms with Crippen LogP contribution in [-0.4, -0.2) is 15.5 Å². The van der Waals surface area contributed by atoms with Crippen molar-refractivity contribution in [2.75, 3.05) is 17.5 Å². The highest BCUT2D eigenvalue weighted by Crippen LogP contribution is 2.17. The summed E-state index contributed by atoms with van der Waals surface area (Å²) in [6.45, 7) is 1.85. The predicted octanol–water partition coefficient (Wildman–Crippen LogP) is 0.453. The van der Waals surface area contributed by atoms with E-state index in [4.69, 9.17) is 5.73 Å². The third-order valence-electron chi connectivity index (χ3n) is 1.80. The van der Waals surface area contributed by atoms with Crippen molar-refractivity contribution in [2.45, 2.75) is 6.92 Å². The number of anilines is 2. The zero-order valence-corrected chi connectivity index (χ0v) is 8.85. The van der Waals surface area contributed by atoms with Crippen LogP contribution in [0.2, 0.25) is 0 Å². The van der Waals surface area contributed by atoms with Crippen LogP contribution in [0.1, 0.15) is 5.56 Å². The van der Waals surface area contributed by atoms with Crippen molar-refractivity contribution in [3.05, 3.63) is 23.8 Å². The molecule has 0 atom stereocenters. The van der Waals surface area contributed by atoms with Crippen molar-refractivity contribution >= 4 is 21.6 Å². The molecule has 0 amide bonds. The molecule has 14 heavy (non-hydrogen) atoms. The van der Waals surface area contributed by atoms with E-state index in [2.05, 4.69) is 9.44 Å². The molecule has 6 heteroatoms. The summed E-state index contributed by atoms with van der Waals surface area (Å²) in [4.78, 5) is 0. The number of nitrogen functional groups attached to an aromatic ring is 1. The Kier molecular flexibility index (Phi) is 2.97. The van der Waals surface area contributed by atoms with E-state index in [0.29, 0.717) is 11.4 Å². The van der Waals surface area contributed by atoms with Gasteiger partial charge in [-0.3, -0.25) is 4.72 Å². The lowest BCUT2D eigenvalue weighted by atomic mass is 10.2. The minimum Gasteiger partial charge on any atom is -0.398 e. The zero-order chi connectivity index (χ0) is 10.8. The molecule has 5 nitrogen and oxygen atoms in total. The first-order chi connectivity index (χ1) is 6.44. The van der Waals surface area contributed by atoms with Gasteiger partial charge in [-0.2, -0.15) is 8.42 Å². The van der Waals surface area contributed by atoms with Gasteiger partial charge in [0.25, 0.3) is 10.2 Å². The molecule has 1 aromatic carbocycles. The van der Waals surface area contributed by atoms with Gasteiger partial charge in [-0.25, -0.2) is 4.72 Å². The van der Waals surface area contributed by atoms with Crippen molar-refractivity contribution in [1.29, 1.82) is 0 Å². The van der Waals surface area contributed by atoms with Gasteiger partial charge in [-0.15, -0.1) is 0 Å². The second kappa shape index (κ2) is 3.85. The smallest absolute Gasteiger partial charge is 0.298 e. The summed E-state index contributed by atoms with van der Waals surface area (Å²) in [6, 6.07) is 4.98. The number of nitrogens with one attached hydrogen (secondary N) is 2. The second-order valence-corrected chi connectivity index (χ2v) is 4.50. The van der Waals surface area contributed by atoms with Crippen LogP contribution in [0.25, 0.3) is 0 Å². The lowest BCUT2D eigenvalue weighted by Crippen LogP contribution is -2.26. The number of nitrogens with two attached hydrogens (primary N) is 1. The molecule has 0 saturated heterocycles. The molecular formula is C8H13N3O2S. The molecule has 0 radical (unpaired) electrons. The van der Waals surface area contributed by atoms with E-state index in [1.165, 1.54) is 7.05 Å². The Morgan fingerprint density at radius 1 is 1.36 bits per heavy atom. The average Bonchev–Trinajstić information content (AvgIpc) is 2.11.